The van der Waals surface area contributed by atoms with Gasteiger partial charge >= 0.3 is 0 Å². The van der Waals surface area contributed by atoms with Crippen molar-refractivity contribution < 1.29 is 9.53 Å². The second-order valence-corrected chi connectivity index (χ2v) is 8.60. The van der Waals surface area contributed by atoms with Crippen molar-refractivity contribution >= 4 is 57.6 Å². The van der Waals surface area contributed by atoms with Crippen molar-refractivity contribution in [1.82, 2.24) is 4.90 Å². The standard InChI is InChI=1S/C20H18ClN3O2S2/c1-4-24-18(25)17(28-20(24)22-13-7-5-12(21)6-8-13)19-23(2)15-11-14(26-3)9-10-16(15)27-19/h5-11H,4H2,1-3H3/b19-17-,22-20?. The van der Waals surface area contributed by atoms with Crippen LogP contribution in [0.15, 0.2) is 62.3 Å². The molecule has 2 aromatic rings. The van der Waals surface area contributed by atoms with E-state index in [9.17, 15) is 4.79 Å². The van der Waals surface area contributed by atoms with E-state index in [0.29, 0.717) is 21.6 Å². The average Bonchev–Trinajstić information content (AvgIpc) is 3.19. The van der Waals surface area contributed by atoms with Crippen LogP contribution in [-0.4, -0.2) is 36.7 Å². The van der Waals surface area contributed by atoms with Gasteiger partial charge in [0.25, 0.3) is 5.91 Å². The van der Waals surface area contributed by atoms with Gasteiger partial charge in [-0.25, -0.2) is 4.99 Å². The van der Waals surface area contributed by atoms with Crippen molar-refractivity contribution in [3.63, 3.8) is 0 Å². The summed E-state index contributed by atoms with van der Waals surface area (Å²) in [6, 6.07) is 13.2. The lowest BCUT2D eigenvalue weighted by Gasteiger charge is -2.15. The molecule has 1 amide bonds. The largest absolute Gasteiger partial charge is 0.497 e. The molecule has 1 saturated heterocycles. The third-order valence-electron chi connectivity index (χ3n) is 4.46. The van der Waals surface area contributed by atoms with E-state index in [0.717, 1.165) is 27.0 Å². The van der Waals surface area contributed by atoms with Crippen LogP contribution in [-0.2, 0) is 4.79 Å². The van der Waals surface area contributed by atoms with Crippen molar-refractivity contribution in [3.8, 4) is 5.75 Å². The maximum atomic E-state index is 13.1. The summed E-state index contributed by atoms with van der Waals surface area (Å²) < 4.78 is 5.34. The Hall–Kier alpha value is -2.09. The predicted molar refractivity (Wildman–Crippen MR) is 118 cm³/mol. The number of carbonyl (C=O) groups is 1. The van der Waals surface area contributed by atoms with Gasteiger partial charge in [-0.2, -0.15) is 0 Å². The van der Waals surface area contributed by atoms with E-state index in [2.05, 4.69) is 4.99 Å². The fourth-order valence-corrected chi connectivity index (χ4v) is 5.49. The number of hydrogen-bond acceptors (Lipinski definition) is 6. The number of anilines is 1. The van der Waals surface area contributed by atoms with Crippen molar-refractivity contribution in [1.29, 1.82) is 0 Å². The fraction of sp³-hybridized carbons (Fsp3) is 0.200. The van der Waals surface area contributed by atoms with E-state index in [1.54, 1.807) is 35.9 Å². The van der Waals surface area contributed by atoms with E-state index in [1.165, 1.54) is 11.8 Å². The summed E-state index contributed by atoms with van der Waals surface area (Å²) in [7, 11) is 3.62. The summed E-state index contributed by atoms with van der Waals surface area (Å²) in [5, 5.41) is 2.25. The molecule has 8 heteroatoms. The van der Waals surface area contributed by atoms with Gasteiger partial charge in [-0.15, -0.1) is 0 Å². The Balaban J connectivity index is 1.71. The first-order valence-corrected chi connectivity index (χ1v) is 10.7. The minimum Gasteiger partial charge on any atom is -0.497 e. The van der Waals surface area contributed by atoms with Crippen molar-refractivity contribution in [3.05, 3.63) is 57.4 Å². The molecule has 2 aromatic carbocycles. The maximum absolute atomic E-state index is 13.1. The lowest BCUT2D eigenvalue weighted by atomic mass is 10.3. The van der Waals surface area contributed by atoms with Crippen molar-refractivity contribution in [2.75, 3.05) is 25.6 Å². The number of methoxy groups -OCH3 is 1. The molecule has 0 atom stereocenters. The number of aliphatic imine (C=N–C) groups is 1. The Morgan fingerprint density at radius 1 is 1.14 bits per heavy atom. The molecular weight excluding hydrogens is 414 g/mol. The zero-order valence-corrected chi connectivity index (χ0v) is 18.0. The number of benzene rings is 2. The molecule has 28 heavy (non-hydrogen) atoms. The molecule has 0 bridgehead atoms. The summed E-state index contributed by atoms with van der Waals surface area (Å²) in [5.74, 6) is 0.775. The van der Waals surface area contributed by atoms with Crippen LogP contribution < -0.4 is 9.64 Å². The molecule has 0 unspecified atom stereocenters. The Morgan fingerprint density at radius 2 is 1.89 bits per heavy atom. The topological polar surface area (TPSA) is 45.1 Å². The molecule has 144 valence electrons. The highest BCUT2D eigenvalue weighted by atomic mass is 35.5. The van der Waals surface area contributed by atoms with Crippen LogP contribution in [0.25, 0.3) is 0 Å². The van der Waals surface area contributed by atoms with E-state index in [1.807, 2.05) is 49.2 Å². The van der Waals surface area contributed by atoms with Crippen molar-refractivity contribution in [2.45, 2.75) is 11.8 Å². The molecule has 0 aromatic heterocycles. The van der Waals surface area contributed by atoms with Crippen LogP contribution >= 0.6 is 35.1 Å². The summed E-state index contributed by atoms with van der Waals surface area (Å²) in [6.45, 7) is 2.51. The highest BCUT2D eigenvalue weighted by molar-refractivity contribution is 8.19. The number of halogens is 1. The quantitative estimate of drug-likeness (QED) is 0.613. The monoisotopic (exact) mass is 431 g/mol. The molecular formula is C20H18ClN3O2S2. The van der Waals surface area contributed by atoms with E-state index in [4.69, 9.17) is 16.3 Å². The third-order valence-corrected chi connectivity index (χ3v) is 7.15. The van der Waals surface area contributed by atoms with Gasteiger partial charge in [0, 0.05) is 29.6 Å². The Kier molecular flexibility index (Phi) is 5.31. The zero-order chi connectivity index (χ0) is 19.8. The fourth-order valence-electron chi connectivity index (χ4n) is 2.98. The molecule has 1 fully saturated rings. The number of amides is 1. The second kappa shape index (κ2) is 7.73. The Labute approximate surface area is 177 Å². The minimum absolute atomic E-state index is 0.0191. The van der Waals surface area contributed by atoms with Crippen LogP contribution in [0.5, 0.6) is 5.75 Å². The predicted octanol–water partition coefficient (Wildman–Crippen LogP) is 5.34. The number of likely N-dealkylation sites (N-methyl/N-ethyl adjacent to an activating group) is 1. The Morgan fingerprint density at radius 3 is 2.57 bits per heavy atom. The molecule has 5 nitrogen and oxygen atoms in total. The molecule has 2 aliphatic heterocycles. The SMILES string of the molecule is CCN1C(=O)/C(=C2/Sc3ccc(OC)cc3N2C)SC1=Nc1ccc(Cl)cc1. The highest BCUT2D eigenvalue weighted by Gasteiger charge is 2.38. The summed E-state index contributed by atoms with van der Waals surface area (Å²) in [5.41, 5.74) is 1.80. The van der Waals surface area contributed by atoms with Gasteiger partial charge < -0.3 is 9.64 Å². The van der Waals surface area contributed by atoms with Gasteiger partial charge in [0.1, 0.15) is 10.7 Å². The summed E-state index contributed by atoms with van der Waals surface area (Å²) in [4.78, 5) is 23.3. The van der Waals surface area contributed by atoms with Crippen LogP contribution in [0.4, 0.5) is 11.4 Å². The van der Waals surface area contributed by atoms with Gasteiger partial charge in [-0.3, -0.25) is 9.69 Å². The molecule has 4 rings (SSSR count). The molecule has 0 aliphatic carbocycles. The smallest absolute Gasteiger partial charge is 0.269 e. The van der Waals surface area contributed by atoms with Crippen LogP contribution in [0.2, 0.25) is 5.02 Å². The zero-order valence-electron chi connectivity index (χ0n) is 15.6. The van der Waals surface area contributed by atoms with Crippen molar-refractivity contribution in [2.24, 2.45) is 4.99 Å². The number of hydrogen-bond donors (Lipinski definition) is 0. The number of fused-ring (bicyclic) bond motifs is 1. The summed E-state index contributed by atoms with van der Waals surface area (Å²) >= 11 is 8.96. The van der Waals surface area contributed by atoms with Gasteiger partial charge in [0.05, 0.1) is 23.5 Å². The first-order valence-electron chi connectivity index (χ1n) is 8.69. The van der Waals surface area contributed by atoms with Gasteiger partial charge in [-0.05, 0) is 55.1 Å². The number of ether oxygens (including phenoxy) is 1. The van der Waals surface area contributed by atoms with E-state index < -0.39 is 0 Å². The van der Waals surface area contributed by atoms with Gasteiger partial charge in [-0.1, -0.05) is 23.4 Å². The lowest BCUT2D eigenvalue weighted by molar-refractivity contribution is -0.122. The maximum Gasteiger partial charge on any atom is 0.269 e. The molecule has 0 saturated carbocycles. The second-order valence-electron chi connectivity index (χ2n) is 6.15. The van der Waals surface area contributed by atoms with Gasteiger partial charge in [0.15, 0.2) is 5.17 Å². The van der Waals surface area contributed by atoms with Crippen LogP contribution in [0, 0.1) is 0 Å². The van der Waals surface area contributed by atoms with Crippen LogP contribution in [0.1, 0.15) is 6.92 Å². The number of rotatable bonds is 3. The molecule has 2 heterocycles. The molecule has 0 N–H and O–H groups in total. The number of carbonyl (C=O) groups excluding carboxylic acids is 1. The van der Waals surface area contributed by atoms with Gasteiger partial charge in [0.2, 0.25) is 0 Å². The Bertz CT molecular complexity index is 1010. The highest BCUT2D eigenvalue weighted by Crippen LogP contribution is 2.51. The third kappa shape index (κ3) is 3.38. The summed E-state index contributed by atoms with van der Waals surface area (Å²) in [6.07, 6.45) is 0. The number of amidine groups is 1. The normalized spacial score (nSPS) is 20.3. The molecule has 2 aliphatic rings. The minimum atomic E-state index is -0.0191. The molecule has 0 radical (unpaired) electrons. The number of thioether (sulfide) groups is 2. The van der Waals surface area contributed by atoms with E-state index >= 15 is 0 Å². The van der Waals surface area contributed by atoms with E-state index in [-0.39, 0.29) is 5.91 Å². The molecule has 0 spiro atoms. The first kappa shape index (κ1) is 19.2. The van der Waals surface area contributed by atoms with Crippen LogP contribution in [0.3, 0.4) is 0 Å². The average molecular weight is 432 g/mol. The lowest BCUT2D eigenvalue weighted by Crippen LogP contribution is -2.29. The number of nitrogens with zero attached hydrogens (tertiary/aromatic N) is 3. The first-order chi connectivity index (χ1) is 13.5.